The number of nitrogens with zero attached hydrogens (tertiary/aromatic N) is 1. The van der Waals surface area contributed by atoms with Gasteiger partial charge in [-0.2, -0.15) is 5.10 Å². The van der Waals surface area contributed by atoms with Crippen LogP contribution in [0, 0.1) is 0 Å². The third-order valence-electron chi connectivity index (χ3n) is 3.70. The number of aromatic amines is 1. The number of benzene rings is 2. The van der Waals surface area contributed by atoms with Crippen molar-refractivity contribution in [2.75, 3.05) is 6.54 Å². The van der Waals surface area contributed by atoms with Crippen LogP contribution in [0.1, 0.15) is 12.5 Å². The Balaban J connectivity index is 1.80. The third kappa shape index (κ3) is 3.66. The van der Waals surface area contributed by atoms with Gasteiger partial charge in [0.25, 0.3) is 0 Å². The van der Waals surface area contributed by atoms with Crippen molar-refractivity contribution in [3.05, 3.63) is 66.4 Å². The minimum absolute atomic E-state index is 0.0569. The van der Waals surface area contributed by atoms with Crippen molar-refractivity contribution in [3.8, 4) is 22.4 Å². The maximum atomic E-state index is 11.6. The number of H-pyrrole nitrogens is 1. The summed E-state index contributed by atoms with van der Waals surface area (Å²) >= 11 is 0. The van der Waals surface area contributed by atoms with Crippen LogP contribution in [-0.2, 0) is 11.2 Å². The van der Waals surface area contributed by atoms with E-state index in [9.17, 15) is 4.79 Å². The standard InChI is InChI=1S/C19H19N3O/c1-2-20-19(23)12-14-6-8-15(9-7-14)16-4-3-5-17(13-16)18-10-11-21-22-18/h3-11,13H,2,12H2,1H3,(H,20,23)(H,21,22). The van der Waals surface area contributed by atoms with Crippen molar-refractivity contribution < 1.29 is 4.79 Å². The lowest BCUT2D eigenvalue weighted by atomic mass is 10.00. The fourth-order valence-electron chi connectivity index (χ4n) is 2.54. The molecule has 0 saturated carbocycles. The Hall–Kier alpha value is -2.88. The smallest absolute Gasteiger partial charge is 0.224 e. The highest BCUT2D eigenvalue weighted by Gasteiger charge is 2.05. The third-order valence-corrected chi connectivity index (χ3v) is 3.70. The molecule has 0 bridgehead atoms. The average Bonchev–Trinajstić information content (AvgIpc) is 3.10. The summed E-state index contributed by atoms with van der Waals surface area (Å²) in [5.74, 6) is 0.0569. The minimum atomic E-state index is 0.0569. The second kappa shape index (κ2) is 6.92. The van der Waals surface area contributed by atoms with E-state index in [-0.39, 0.29) is 5.91 Å². The number of amides is 1. The summed E-state index contributed by atoms with van der Waals surface area (Å²) in [6, 6.07) is 18.4. The Labute approximate surface area is 135 Å². The first-order valence-corrected chi connectivity index (χ1v) is 7.72. The normalized spacial score (nSPS) is 10.5. The largest absolute Gasteiger partial charge is 0.356 e. The topological polar surface area (TPSA) is 57.8 Å². The van der Waals surface area contributed by atoms with E-state index in [0.29, 0.717) is 13.0 Å². The Morgan fingerprint density at radius 2 is 1.83 bits per heavy atom. The van der Waals surface area contributed by atoms with Gasteiger partial charge in [0, 0.05) is 18.3 Å². The lowest BCUT2D eigenvalue weighted by Crippen LogP contribution is -2.24. The Kier molecular flexibility index (Phi) is 4.52. The molecule has 116 valence electrons. The van der Waals surface area contributed by atoms with Crippen molar-refractivity contribution in [1.29, 1.82) is 0 Å². The van der Waals surface area contributed by atoms with Crippen LogP contribution in [0.25, 0.3) is 22.4 Å². The number of nitrogens with one attached hydrogen (secondary N) is 2. The molecule has 0 aliphatic carbocycles. The fourth-order valence-corrected chi connectivity index (χ4v) is 2.54. The molecular weight excluding hydrogens is 286 g/mol. The maximum Gasteiger partial charge on any atom is 0.224 e. The number of likely N-dealkylation sites (N-methyl/N-ethyl adjacent to an activating group) is 1. The first-order chi connectivity index (χ1) is 11.3. The van der Waals surface area contributed by atoms with Crippen LogP contribution >= 0.6 is 0 Å². The average molecular weight is 305 g/mol. The summed E-state index contributed by atoms with van der Waals surface area (Å²) in [5.41, 5.74) is 5.39. The summed E-state index contributed by atoms with van der Waals surface area (Å²) in [5, 5.41) is 9.79. The van der Waals surface area contributed by atoms with Gasteiger partial charge >= 0.3 is 0 Å². The molecule has 0 atom stereocenters. The Morgan fingerprint density at radius 1 is 1.04 bits per heavy atom. The van der Waals surface area contributed by atoms with Gasteiger partial charge in [-0.15, -0.1) is 0 Å². The zero-order valence-electron chi connectivity index (χ0n) is 13.0. The van der Waals surface area contributed by atoms with E-state index in [4.69, 9.17) is 0 Å². The van der Waals surface area contributed by atoms with Crippen LogP contribution < -0.4 is 5.32 Å². The van der Waals surface area contributed by atoms with Crippen molar-refractivity contribution >= 4 is 5.91 Å². The number of aromatic nitrogens is 2. The van der Waals surface area contributed by atoms with Crippen LogP contribution in [0.5, 0.6) is 0 Å². The van der Waals surface area contributed by atoms with Gasteiger partial charge in [-0.3, -0.25) is 9.89 Å². The lowest BCUT2D eigenvalue weighted by Gasteiger charge is -2.06. The summed E-state index contributed by atoms with van der Waals surface area (Å²) in [6.07, 6.45) is 2.17. The predicted molar refractivity (Wildman–Crippen MR) is 91.8 cm³/mol. The molecule has 0 aliphatic rings. The molecule has 1 amide bonds. The van der Waals surface area contributed by atoms with Gasteiger partial charge < -0.3 is 5.32 Å². The molecule has 3 rings (SSSR count). The summed E-state index contributed by atoms with van der Waals surface area (Å²) in [4.78, 5) is 11.6. The highest BCUT2D eigenvalue weighted by molar-refractivity contribution is 5.79. The highest BCUT2D eigenvalue weighted by atomic mass is 16.1. The molecular formula is C19H19N3O. The van der Waals surface area contributed by atoms with Crippen LogP contribution in [-0.4, -0.2) is 22.6 Å². The zero-order valence-corrected chi connectivity index (χ0v) is 13.0. The van der Waals surface area contributed by atoms with Gasteiger partial charge in [0.05, 0.1) is 12.1 Å². The summed E-state index contributed by atoms with van der Waals surface area (Å²) < 4.78 is 0. The molecule has 1 aromatic heterocycles. The first-order valence-electron chi connectivity index (χ1n) is 7.72. The van der Waals surface area contributed by atoms with E-state index in [2.05, 4.69) is 45.8 Å². The van der Waals surface area contributed by atoms with Gasteiger partial charge in [0.15, 0.2) is 0 Å². The number of carbonyl (C=O) groups is 1. The van der Waals surface area contributed by atoms with Crippen molar-refractivity contribution in [1.82, 2.24) is 15.5 Å². The second-order valence-electron chi connectivity index (χ2n) is 5.38. The Bertz CT molecular complexity index is 777. The molecule has 23 heavy (non-hydrogen) atoms. The van der Waals surface area contributed by atoms with E-state index < -0.39 is 0 Å². The summed E-state index contributed by atoms with van der Waals surface area (Å²) in [7, 11) is 0. The molecule has 0 fully saturated rings. The molecule has 0 radical (unpaired) electrons. The van der Waals surface area contributed by atoms with Gasteiger partial charge in [0.1, 0.15) is 0 Å². The number of hydrogen-bond donors (Lipinski definition) is 2. The van der Waals surface area contributed by atoms with E-state index in [1.165, 1.54) is 0 Å². The molecule has 2 N–H and O–H groups in total. The monoisotopic (exact) mass is 305 g/mol. The number of rotatable bonds is 5. The quantitative estimate of drug-likeness (QED) is 0.759. The van der Waals surface area contributed by atoms with Crippen LogP contribution in [0.3, 0.4) is 0 Å². The maximum absolute atomic E-state index is 11.6. The molecule has 4 heteroatoms. The van der Waals surface area contributed by atoms with Gasteiger partial charge in [-0.1, -0.05) is 42.5 Å². The SMILES string of the molecule is CCNC(=O)Cc1ccc(-c2cccc(-c3ccn[nH]3)c2)cc1. The van der Waals surface area contributed by atoms with E-state index in [1.54, 1.807) is 6.20 Å². The minimum Gasteiger partial charge on any atom is -0.356 e. The van der Waals surface area contributed by atoms with E-state index in [1.807, 2.05) is 31.2 Å². The van der Waals surface area contributed by atoms with Crippen molar-refractivity contribution in [2.24, 2.45) is 0 Å². The zero-order chi connectivity index (χ0) is 16.1. The van der Waals surface area contributed by atoms with Crippen LogP contribution in [0.15, 0.2) is 60.8 Å². The fraction of sp³-hybridized carbons (Fsp3) is 0.158. The molecule has 3 aromatic rings. The van der Waals surface area contributed by atoms with Gasteiger partial charge in [-0.05, 0) is 35.7 Å². The molecule has 1 heterocycles. The predicted octanol–water partition coefficient (Wildman–Crippen LogP) is 3.42. The van der Waals surface area contributed by atoms with Crippen LogP contribution in [0.2, 0.25) is 0 Å². The first kappa shape index (κ1) is 15.0. The molecule has 0 unspecified atom stereocenters. The van der Waals surface area contributed by atoms with Crippen LogP contribution in [0.4, 0.5) is 0 Å². The Morgan fingerprint density at radius 3 is 2.52 bits per heavy atom. The second-order valence-corrected chi connectivity index (χ2v) is 5.38. The highest BCUT2D eigenvalue weighted by Crippen LogP contribution is 2.25. The number of hydrogen-bond acceptors (Lipinski definition) is 2. The summed E-state index contributed by atoms with van der Waals surface area (Å²) in [6.45, 7) is 2.59. The number of carbonyl (C=O) groups excluding carboxylic acids is 1. The molecule has 2 aromatic carbocycles. The lowest BCUT2D eigenvalue weighted by molar-refractivity contribution is -0.120. The molecule has 0 saturated heterocycles. The van der Waals surface area contributed by atoms with E-state index in [0.717, 1.165) is 27.9 Å². The molecule has 4 nitrogen and oxygen atoms in total. The van der Waals surface area contributed by atoms with Crippen molar-refractivity contribution in [3.63, 3.8) is 0 Å². The van der Waals surface area contributed by atoms with Gasteiger partial charge in [0.2, 0.25) is 5.91 Å². The van der Waals surface area contributed by atoms with Crippen molar-refractivity contribution in [2.45, 2.75) is 13.3 Å². The van der Waals surface area contributed by atoms with Gasteiger partial charge in [-0.25, -0.2) is 0 Å². The molecule has 0 spiro atoms. The molecule has 0 aliphatic heterocycles. The van der Waals surface area contributed by atoms with E-state index >= 15 is 0 Å².